The monoisotopic (exact) mass is 490 g/mol. The lowest BCUT2D eigenvalue weighted by molar-refractivity contribution is 0.0197. The van der Waals surface area contributed by atoms with Crippen LogP contribution in [0.4, 0.5) is 0 Å². The maximum Gasteiger partial charge on any atom is 0.407 e. The summed E-state index contributed by atoms with van der Waals surface area (Å²) in [5, 5.41) is 10.1. The third kappa shape index (κ3) is 4.71. The van der Waals surface area contributed by atoms with Crippen LogP contribution in [0.15, 0.2) is 30.3 Å². The topological polar surface area (TPSA) is 86.6 Å². The van der Waals surface area contributed by atoms with Gasteiger partial charge in [-0.05, 0) is 17.7 Å². The Kier molecular flexibility index (Phi) is 7.18. The molecule has 2 atom stereocenters. The van der Waals surface area contributed by atoms with Gasteiger partial charge in [-0.2, -0.15) is 0 Å². The molecule has 7 nitrogen and oxygen atoms in total. The fourth-order valence-corrected chi connectivity index (χ4v) is 7.90. The fraction of sp³-hybridized carbons (Fsp3) is 0.538. The number of aliphatic hydroxyl groups is 1. The van der Waals surface area contributed by atoms with E-state index in [4.69, 9.17) is 23.4 Å². The zero-order valence-corrected chi connectivity index (χ0v) is 22.7. The minimum absolute atomic E-state index is 0.359. The maximum atomic E-state index is 11.8. The number of fused-ring (bicyclic) bond motifs is 1. The molecular weight excluding hydrogens is 452 g/mol. The molecule has 2 aromatic carbocycles. The Morgan fingerprint density at radius 2 is 1.47 bits per heavy atom. The van der Waals surface area contributed by atoms with Gasteiger partial charge in [-0.1, -0.05) is 47.6 Å². The van der Waals surface area contributed by atoms with Gasteiger partial charge in [0.2, 0.25) is 0 Å². The molecule has 1 aliphatic rings. The van der Waals surface area contributed by atoms with Gasteiger partial charge < -0.3 is 33.3 Å². The molecule has 0 amide bonds. The second-order valence-electron chi connectivity index (χ2n) is 10.8. The Morgan fingerprint density at radius 3 is 2.00 bits per heavy atom. The summed E-state index contributed by atoms with van der Waals surface area (Å²) in [6.07, 6.45) is -1.09. The van der Waals surface area contributed by atoms with Crippen molar-refractivity contribution in [2.45, 2.75) is 70.2 Å². The van der Waals surface area contributed by atoms with Crippen molar-refractivity contribution in [1.29, 1.82) is 0 Å². The number of methoxy groups -OCH3 is 3. The molecular formula is C26H38O7Si. The van der Waals surface area contributed by atoms with E-state index < -0.39 is 30.8 Å². The van der Waals surface area contributed by atoms with E-state index in [2.05, 4.69) is 0 Å². The molecule has 8 heteroatoms. The van der Waals surface area contributed by atoms with Gasteiger partial charge in [-0.15, -0.1) is 0 Å². The van der Waals surface area contributed by atoms with E-state index in [-0.39, 0.29) is 0 Å². The van der Waals surface area contributed by atoms with Crippen molar-refractivity contribution in [3.05, 3.63) is 41.5 Å². The first-order valence-electron chi connectivity index (χ1n) is 11.4. The molecule has 3 rings (SSSR count). The van der Waals surface area contributed by atoms with E-state index in [1.54, 1.807) is 45.6 Å². The summed E-state index contributed by atoms with van der Waals surface area (Å²) in [5.41, 5.74) is 1.51. The van der Waals surface area contributed by atoms with Gasteiger partial charge in [0.15, 0.2) is 5.75 Å². The Hall–Kier alpha value is -2.42. The smallest absolute Gasteiger partial charge is 0.407 e. The van der Waals surface area contributed by atoms with Crippen molar-refractivity contribution in [2.75, 3.05) is 21.3 Å². The summed E-state index contributed by atoms with van der Waals surface area (Å²) in [7, 11) is 1.40. The largest absolute Gasteiger partial charge is 0.517 e. The van der Waals surface area contributed by atoms with Gasteiger partial charge in [0.25, 0.3) is 0 Å². The number of rotatable bonds is 6. The summed E-state index contributed by atoms with van der Waals surface area (Å²) >= 11 is 0. The van der Waals surface area contributed by atoms with Crippen LogP contribution >= 0.6 is 0 Å². The molecule has 2 N–H and O–H groups in total. The minimum Gasteiger partial charge on any atom is -0.517 e. The van der Waals surface area contributed by atoms with Crippen molar-refractivity contribution >= 4 is 8.56 Å². The number of aliphatic hydroxyl groups excluding tert-OH is 1. The maximum absolute atomic E-state index is 11.8. The van der Waals surface area contributed by atoms with Crippen LogP contribution in [0.3, 0.4) is 0 Å². The Labute approximate surface area is 203 Å². The van der Waals surface area contributed by atoms with E-state index in [0.717, 1.165) is 11.1 Å². The second kappa shape index (κ2) is 9.32. The lowest BCUT2D eigenvalue weighted by Gasteiger charge is -2.45. The van der Waals surface area contributed by atoms with Gasteiger partial charge in [0.05, 0.1) is 27.4 Å². The highest BCUT2D eigenvalue weighted by atomic mass is 28.4. The van der Waals surface area contributed by atoms with Crippen LogP contribution in [0.1, 0.15) is 58.8 Å². The zero-order valence-electron chi connectivity index (χ0n) is 21.7. The highest BCUT2D eigenvalue weighted by Gasteiger charge is 2.57. The Balaban J connectivity index is 2.04. The first kappa shape index (κ1) is 26.2. The van der Waals surface area contributed by atoms with E-state index in [1.807, 2.05) is 47.6 Å². The van der Waals surface area contributed by atoms with Gasteiger partial charge in [0.1, 0.15) is 29.1 Å². The van der Waals surface area contributed by atoms with Crippen LogP contribution in [-0.2, 0) is 6.42 Å². The van der Waals surface area contributed by atoms with Crippen LogP contribution < -0.4 is 23.4 Å². The lowest BCUT2D eigenvalue weighted by atomic mass is 9.94. The SMILES string of the molecule is COc1cc(OC)c2c(c1)O[C@H](c1ccc(OC)c(O[Si](O)(C(C)(C)C)C(C)(C)C)c1)[C@@H](O)C2. The highest BCUT2D eigenvalue weighted by Crippen LogP contribution is 2.51. The van der Waals surface area contributed by atoms with E-state index in [9.17, 15) is 9.90 Å². The Bertz CT molecular complexity index is 1010. The highest BCUT2D eigenvalue weighted by molar-refractivity contribution is 6.72. The molecule has 0 bridgehead atoms. The molecule has 0 saturated carbocycles. The standard InChI is InChI=1S/C26H38O7Si/c1-25(2,3)34(28,26(4,5)6)33-23-12-16(10-11-20(23)30-8)24-19(27)15-18-21(31-9)13-17(29-7)14-22(18)32-24/h10-14,19,24,27-28H,15H2,1-9H3/t19-,24+/m0/s1. The molecule has 0 aromatic heterocycles. The summed E-state index contributed by atoms with van der Waals surface area (Å²) < 4.78 is 29.1. The van der Waals surface area contributed by atoms with E-state index in [0.29, 0.717) is 35.2 Å². The third-order valence-electron chi connectivity index (χ3n) is 6.42. The molecule has 0 spiro atoms. The van der Waals surface area contributed by atoms with Crippen LogP contribution in [-0.4, -0.2) is 45.9 Å². The zero-order chi connectivity index (χ0) is 25.5. The van der Waals surface area contributed by atoms with Gasteiger partial charge in [-0.3, -0.25) is 0 Å². The molecule has 188 valence electrons. The lowest BCUT2D eigenvalue weighted by Crippen LogP contribution is -2.57. The van der Waals surface area contributed by atoms with Gasteiger partial charge >= 0.3 is 8.56 Å². The average Bonchev–Trinajstić information content (AvgIpc) is 2.76. The predicted molar refractivity (Wildman–Crippen MR) is 134 cm³/mol. The van der Waals surface area contributed by atoms with E-state index in [1.165, 1.54) is 0 Å². The van der Waals surface area contributed by atoms with Crippen LogP contribution in [0.2, 0.25) is 10.1 Å². The fourth-order valence-electron chi connectivity index (χ4n) is 4.56. The van der Waals surface area contributed by atoms with Crippen LogP contribution in [0.5, 0.6) is 28.7 Å². The van der Waals surface area contributed by atoms with Crippen molar-refractivity contribution in [1.82, 2.24) is 0 Å². The number of ether oxygens (including phenoxy) is 4. The molecule has 2 aromatic rings. The van der Waals surface area contributed by atoms with Crippen molar-refractivity contribution in [3.63, 3.8) is 0 Å². The molecule has 0 aliphatic carbocycles. The summed E-state index contributed by atoms with van der Waals surface area (Å²) in [6, 6.07) is 8.99. The minimum atomic E-state index is -3.33. The van der Waals surface area contributed by atoms with Gasteiger partial charge in [0, 0.05) is 34.2 Å². The van der Waals surface area contributed by atoms with Crippen molar-refractivity contribution in [2.24, 2.45) is 0 Å². The average molecular weight is 491 g/mol. The first-order chi connectivity index (χ1) is 15.8. The molecule has 0 saturated heterocycles. The Morgan fingerprint density at radius 1 is 0.853 bits per heavy atom. The number of hydrogen-bond acceptors (Lipinski definition) is 7. The second-order valence-corrected chi connectivity index (χ2v) is 15.3. The van der Waals surface area contributed by atoms with Crippen LogP contribution in [0, 0.1) is 0 Å². The third-order valence-corrected chi connectivity index (χ3v) is 11.0. The van der Waals surface area contributed by atoms with Crippen molar-refractivity contribution < 1.29 is 33.3 Å². The summed E-state index contributed by atoms with van der Waals surface area (Å²) in [6.45, 7) is 12.0. The number of hydrogen-bond donors (Lipinski definition) is 2. The summed E-state index contributed by atoms with van der Waals surface area (Å²) in [4.78, 5) is 11.8. The quantitative estimate of drug-likeness (QED) is 0.541. The number of benzene rings is 2. The van der Waals surface area contributed by atoms with Crippen LogP contribution in [0.25, 0.3) is 0 Å². The molecule has 0 unspecified atom stereocenters. The normalized spacial score (nSPS) is 18.6. The molecule has 1 aliphatic heterocycles. The van der Waals surface area contributed by atoms with Gasteiger partial charge in [-0.25, -0.2) is 0 Å². The predicted octanol–water partition coefficient (Wildman–Crippen LogP) is 5.16. The molecule has 1 heterocycles. The molecule has 34 heavy (non-hydrogen) atoms. The summed E-state index contributed by atoms with van der Waals surface area (Å²) in [5.74, 6) is 2.76. The first-order valence-corrected chi connectivity index (χ1v) is 13.3. The van der Waals surface area contributed by atoms with Crippen molar-refractivity contribution in [3.8, 4) is 28.7 Å². The van der Waals surface area contributed by atoms with E-state index >= 15 is 0 Å². The molecule has 0 fully saturated rings. The molecule has 0 radical (unpaired) electrons.